The van der Waals surface area contributed by atoms with Crippen LogP contribution in [0.1, 0.15) is 12.0 Å². The Bertz CT molecular complexity index is 282. The van der Waals surface area contributed by atoms with Crippen molar-refractivity contribution in [2.75, 3.05) is 16.8 Å². The Morgan fingerprint density at radius 3 is 3.23 bits per heavy atom. The molecular formula is C10H14N2S. The molecule has 0 spiro atoms. The van der Waals surface area contributed by atoms with E-state index in [0.29, 0.717) is 6.04 Å². The fraction of sp³-hybridized carbons (Fsp3) is 0.500. The van der Waals surface area contributed by atoms with E-state index in [1.54, 1.807) is 0 Å². The lowest BCUT2D eigenvalue weighted by atomic mass is 10.2. The van der Waals surface area contributed by atoms with Gasteiger partial charge in [-0.25, -0.2) is 0 Å². The molecule has 1 N–H and O–H groups in total. The molecule has 2 heterocycles. The monoisotopic (exact) mass is 194 g/mol. The number of aryl methyl sites for hydroxylation is 1. The minimum Gasteiger partial charge on any atom is -0.380 e. The van der Waals surface area contributed by atoms with Crippen LogP contribution in [0, 0.1) is 6.92 Å². The summed E-state index contributed by atoms with van der Waals surface area (Å²) < 4.78 is 0. The molecule has 0 aliphatic carbocycles. The van der Waals surface area contributed by atoms with Crippen molar-refractivity contribution in [3.63, 3.8) is 0 Å². The van der Waals surface area contributed by atoms with Crippen molar-refractivity contribution in [3.05, 3.63) is 24.0 Å². The first-order valence-corrected chi connectivity index (χ1v) is 5.76. The highest BCUT2D eigenvalue weighted by atomic mass is 32.2. The van der Waals surface area contributed by atoms with Crippen LogP contribution in [0.4, 0.5) is 5.69 Å². The number of aromatic nitrogens is 1. The van der Waals surface area contributed by atoms with Crippen molar-refractivity contribution < 1.29 is 0 Å². The number of rotatable bonds is 2. The Hall–Kier alpha value is -0.700. The summed E-state index contributed by atoms with van der Waals surface area (Å²) in [6.45, 7) is 2.12. The number of hydrogen-bond acceptors (Lipinski definition) is 3. The van der Waals surface area contributed by atoms with Crippen LogP contribution in [0.5, 0.6) is 0 Å². The summed E-state index contributed by atoms with van der Waals surface area (Å²) in [4.78, 5) is 4.12. The first-order valence-electron chi connectivity index (χ1n) is 4.61. The van der Waals surface area contributed by atoms with Gasteiger partial charge in [-0.3, -0.25) is 4.98 Å². The van der Waals surface area contributed by atoms with Crippen LogP contribution in [0.2, 0.25) is 0 Å². The molecule has 2 nitrogen and oxygen atoms in total. The van der Waals surface area contributed by atoms with Crippen molar-refractivity contribution in [2.24, 2.45) is 0 Å². The van der Waals surface area contributed by atoms with Crippen LogP contribution >= 0.6 is 11.8 Å². The van der Waals surface area contributed by atoms with Crippen molar-refractivity contribution in [2.45, 2.75) is 19.4 Å². The zero-order chi connectivity index (χ0) is 9.10. The standard InChI is InChI=1S/C10H14N2S/c1-8-2-4-11-6-10(8)12-9-3-5-13-7-9/h2,4,6,9,12H,3,5,7H2,1H3. The van der Waals surface area contributed by atoms with Crippen molar-refractivity contribution >= 4 is 17.4 Å². The van der Waals surface area contributed by atoms with Crippen LogP contribution in [0.25, 0.3) is 0 Å². The molecule has 1 saturated heterocycles. The van der Waals surface area contributed by atoms with Gasteiger partial charge in [0.15, 0.2) is 0 Å². The molecule has 1 atom stereocenters. The molecule has 1 aromatic heterocycles. The van der Waals surface area contributed by atoms with Crippen molar-refractivity contribution in [1.29, 1.82) is 0 Å². The lowest BCUT2D eigenvalue weighted by molar-refractivity contribution is 0.810. The second-order valence-electron chi connectivity index (χ2n) is 3.40. The zero-order valence-corrected chi connectivity index (χ0v) is 8.60. The molecule has 3 heteroatoms. The molecule has 0 radical (unpaired) electrons. The first-order chi connectivity index (χ1) is 6.36. The quantitative estimate of drug-likeness (QED) is 0.782. The summed E-state index contributed by atoms with van der Waals surface area (Å²) in [6, 6.07) is 2.69. The highest BCUT2D eigenvalue weighted by Gasteiger charge is 2.15. The Labute approximate surface area is 83.1 Å². The summed E-state index contributed by atoms with van der Waals surface area (Å²) >= 11 is 2.02. The molecule has 1 fully saturated rings. The average molecular weight is 194 g/mol. The van der Waals surface area contributed by atoms with Gasteiger partial charge in [0.25, 0.3) is 0 Å². The topological polar surface area (TPSA) is 24.9 Å². The van der Waals surface area contributed by atoms with E-state index in [9.17, 15) is 0 Å². The SMILES string of the molecule is Cc1ccncc1NC1CCSC1. The van der Waals surface area contributed by atoms with Crippen LogP contribution in [0.3, 0.4) is 0 Å². The molecule has 13 heavy (non-hydrogen) atoms. The van der Waals surface area contributed by atoms with Crippen molar-refractivity contribution in [3.8, 4) is 0 Å². The molecule has 1 aliphatic rings. The number of nitrogens with zero attached hydrogens (tertiary/aromatic N) is 1. The third-order valence-electron chi connectivity index (χ3n) is 2.33. The van der Waals surface area contributed by atoms with Gasteiger partial charge in [-0.2, -0.15) is 11.8 Å². The summed E-state index contributed by atoms with van der Waals surface area (Å²) in [7, 11) is 0. The maximum atomic E-state index is 4.12. The summed E-state index contributed by atoms with van der Waals surface area (Å²) in [5, 5.41) is 3.53. The van der Waals surface area contributed by atoms with E-state index in [4.69, 9.17) is 0 Å². The van der Waals surface area contributed by atoms with E-state index in [2.05, 4.69) is 17.2 Å². The smallest absolute Gasteiger partial charge is 0.0558 e. The van der Waals surface area contributed by atoms with Crippen LogP contribution < -0.4 is 5.32 Å². The predicted molar refractivity (Wildman–Crippen MR) is 58.3 cm³/mol. The molecule has 1 unspecified atom stereocenters. The maximum absolute atomic E-state index is 4.12. The first kappa shape index (κ1) is 8.88. The second-order valence-corrected chi connectivity index (χ2v) is 4.55. The molecule has 0 amide bonds. The summed E-state index contributed by atoms with van der Waals surface area (Å²) in [5.41, 5.74) is 2.47. The number of nitrogens with one attached hydrogen (secondary N) is 1. The third kappa shape index (κ3) is 2.15. The van der Waals surface area contributed by atoms with Crippen LogP contribution in [-0.4, -0.2) is 22.5 Å². The second kappa shape index (κ2) is 4.01. The van der Waals surface area contributed by atoms with Crippen molar-refractivity contribution in [1.82, 2.24) is 4.98 Å². The van der Waals surface area contributed by atoms with Gasteiger partial charge < -0.3 is 5.32 Å². The van der Waals surface area contributed by atoms with E-state index in [-0.39, 0.29) is 0 Å². The van der Waals surface area contributed by atoms with Gasteiger partial charge in [-0.1, -0.05) is 0 Å². The molecule has 1 aromatic rings. The highest BCUT2D eigenvalue weighted by molar-refractivity contribution is 7.99. The van der Waals surface area contributed by atoms with E-state index in [0.717, 1.165) is 0 Å². The molecule has 0 bridgehead atoms. The average Bonchev–Trinajstić information content (AvgIpc) is 2.61. The highest BCUT2D eigenvalue weighted by Crippen LogP contribution is 2.22. The normalized spacial score (nSPS) is 21.8. The number of pyridine rings is 1. The Balaban J connectivity index is 2.04. The van der Waals surface area contributed by atoms with Gasteiger partial charge in [-0.15, -0.1) is 0 Å². The van der Waals surface area contributed by atoms with Gasteiger partial charge in [0, 0.05) is 18.0 Å². The predicted octanol–water partition coefficient (Wildman–Crippen LogP) is 2.31. The fourth-order valence-electron chi connectivity index (χ4n) is 1.48. The number of hydrogen-bond donors (Lipinski definition) is 1. The lowest BCUT2D eigenvalue weighted by Gasteiger charge is -2.13. The fourth-order valence-corrected chi connectivity index (χ4v) is 2.64. The Morgan fingerprint density at radius 2 is 2.54 bits per heavy atom. The summed E-state index contributed by atoms with van der Waals surface area (Å²) in [5.74, 6) is 2.52. The van der Waals surface area contributed by atoms with Gasteiger partial charge in [0.2, 0.25) is 0 Å². The third-order valence-corrected chi connectivity index (χ3v) is 3.49. The largest absolute Gasteiger partial charge is 0.380 e. The molecule has 2 rings (SSSR count). The molecule has 0 saturated carbocycles. The number of anilines is 1. The Morgan fingerprint density at radius 1 is 1.62 bits per heavy atom. The van der Waals surface area contributed by atoms with E-state index in [1.807, 2.05) is 30.2 Å². The zero-order valence-electron chi connectivity index (χ0n) is 7.79. The van der Waals surface area contributed by atoms with E-state index < -0.39 is 0 Å². The Kier molecular flexibility index (Phi) is 2.74. The molecule has 0 aromatic carbocycles. The van der Waals surface area contributed by atoms with E-state index >= 15 is 0 Å². The van der Waals surface area contributed by atoms with Gasteiger partial charge in [-0.05, 0) is 30.7 Å². The minimum absolute atomic E-state index is 0.646. The molecular weight excluding hydrogens is 180 g/mol. The van der Waals surface area contributed by atoms with Crippen LogP contribution in [0.15, 0.2) is 18.5 Å². The maximum Gasteiger partial charge on any atom is 0.0558 e. The van der Waals surface area contributed by atoms with Gasteiger partial charge in [0.1, 0.15) is 0 Å². The van der Waals surface area contributed by atoms with Crippen LogP contribution in [-0.2, 0) is 0 Å². The summed E-state index contributed by atoms with van der Waals surface area (Å²) in [6.07, 6.45) is 5.03. The number of thioether (sulfide) groups is 1. The van der Waals surface area contributed by atoms with Gasteiger partial charge in [0.05, 0.1) is 11.9 Å². The van der Waals surface area contributed by atoms with Gasteiger partial charge >= 0.3 is 0 Å². The lowest BCUT2D eigenvalue weighted by Crippen LogP contribution is -2.18. The van der Waals surface area contributed by atoms with E-state index in [1.165, 1.54) is 29.2 Å². The molecule has 1 aliphatic heterocycles. The minimum atomic E-state index is 0.646. The molecule has 70 valence electrons.